The summed E-state index contributed by atoms with van der Waals surface area (Å²) in [4.78, 5) is 11.6. The van der Waals surface area contributed by atoms with Crippen molar-refractivity contribution in [1.82, 2.24) is 5.32 Å². The molecule has 0 aromatic heterocycles. The highest BCUT2D eigenvalue weighted by molar-refractivity contribution is 5.73. The lowest BCUT2D eigenvalue weighted by molar-refractivity contribution is -0.124. The first-order valence-corrected chi connectivity index (χ1v) is 9.98. The zero-order chi connectivity index (χ0) is 19.5. The summed E-state index contributed by atoms with van der Waals surface area (Å²) in [5.41, 5.74) is 1.89. The molecule has 2 aromatic rings. The maximum atomic E-state index is 13.3. The van der Waals surface area contributed by atoms with E-state index in [2.05, 4.69) is 5.32 Å². The number of halogens is 1. The predicted molar refractivity (Wildman–Crippen MR) is 104 cm³/mol. The minimum atomic E-state index is -0.259. The van der Waals surface area contributed by atoms with Crippen LogP contribution in [0.25, 0.3) is 0 Å². The smallest absolute Gasteiger partial charge is 0.217 e. The van der Waals surface area contributed by atoms with E-state index in [1.165, 1.54) is 12.1 Å². The van der Waals surface area contributed by atoms with Gasteiger partial charge in [0.2, 0.25) is 5.91 Å². The van der Waals surface area contributed by atoms with Gasteiger partial charge in [0.25, 0.3) is 0 Å². The molecule has 1 aliphatic carbocycles. The third-order valence-corrected chi connectivity index (χ3v) is 5.76. The Morgan fingerprint density at radius 2 is 2.04 bits per heavy atom. The molecule has 1 N–H and O–H groups in total. The van der Waals surface area contributed by atoms with E-state index in [0.717, 1.165) is 42.6 Å². The van der Waals surface area contributed by atoms with Crippen LogP contribution in [0.5, 0.6) is 5.75 Å². The van der Waals surface area contributed by atoms with Crippen molar-refractivity contribution < 1.29 is 18.7 Å². The Morgan fingerprint density at radius 1 is 1.21 bits per heavy atom. The average molecular weight is 383 g/mol. The van der Waals surface area contributed by atoms with Crippen molar-refractivity contribution in [3.8, 4) is 5.75 Å². The molecule has 1 aliphatic heterocycles. The first kappa shape index (κ1) is 18.9. The number of carbonyl (C=O) groups is 1. The highest BCUT2D eigenvalue weighted by Gasteiger charge is 2.42. The van der Waals surface area contributed by atoms with E-state index in [1.54, 1.807) is 13.0 Å². The number of carbonyl (C=O) groups excluding carboxylic acids is 1. The van der Waals surface area contributed by atoms with Gasteiger partial charge in [0.1, 0.15) is 18.2 Å². The van der Waals surface area contributed by atoms with Crippen molar-refractivity contribution in [1.29, 1.82) is 0 Å². The van der Waals surface area contributed by atoms with Gasteiger partial charge in [-0.1, -0.05) is 30.7 Å². The molecule has 1 saturated carbocycles. The summed E-state index contributed by atoms with van der Waals surface area (Å²) in [7, 11) is 0. The van der Waals surface area contributed by atoms with Gasteiger partial charge in [-0.2, -0.15) is 0 Å². The molecule has 0 unspecified atom stereocenters. The molecule has 2 fully saturated rings. The van der Waals surface area contributed by atoms with Crippen LogP contribution in [0.3, 0.4) is 0 Å². The normalized spacial score (nSPS) is 26.5. The second kappa shape index (κ2) is 8.31. The SMILES string of the molecule is CC(=O)N[C@@H]1C[C@H](c2ccc(OCc3cccc(F)c3)cc2)O[C@@H]2CCC[C@@H]12. The van der Waals surface area contributed by atoms with Gasteiger partial charge in [0.05, 0.1) is 12.2 Å². The molecule has 4 rings (SSSR count). The second-order valence-corrected chi connectivity index (χ2v) is 7.79. The number of hydrogen-bond donors (Lipinski definition) is 1. The van der Waals surface area contributed by atoms with Gasteiger partial charge in [-0.25, -0.2) is 4.39 Å². The molecule has 4 atom stereocenters. The lowest BCUT2D eigenvalue weighted by atomic mass is 9.86. The highest BCUT2D eigenvalue weighted by atomic mass is 19.1. The monoisotopic (exact) mass is 383 g/mol. The van der Waals surface area contributed by atoms with Crippen molar-refractivity contribution >= 4 is 5.91 Å². The number of benzene rings is 2. The Bertz CT molecular complexity index is 823. The Morgan fingerprint density at radius 3 is 2.79 bits per heavy atom. The van der Waals surface area contributed by atoms with Crippen LogP contribution < -0.4 is 10.1 Å². The predicted octanol–water partition coefficient (Wildman–Crippen LogP) is 4.54. The molecule has 1 heterocycles. The van der Waals surface area contributed by atoms with Crippen LogP contribution in [-0.4, -0.2) is 18.1 Å². The third kappa shape index (κ3) is 4.36. The Balaban J connectivity index is 1.40. The fourth-order valence-electron chi connectivity index (χ4n) is 4.47. The quantitative estimate of drug-likeness (QED) is 0.825. The molecule has 1 amide bonds. The van der Waals surface area contributed by atoms with Crippen molar-refractivity contribution in [2.45, 2.75) is 57.5 Å². The average Bonchev–Trinajstić information content (AvgIpc) is 3.15. The lowest BCUT2D eigenvalue weighted by Gasteiger charge is -2.39. The van der Waals surface area contributed by atoms with Crippen molar-refractivity contribution in [3.63, 3.8) is 0 Å². The van der Waals surface area contributed by atoms with E-state index < -0.39 is 0 Å². The Labute approximate surface area is 165 Å². The van der Waals surface area contributed by atoms with Crippen LogP contribution in [0.4, 0.5) is 4.39 Å². The largest absolute Gasteiger partial charge is 0.489 e. The standard InChI is InChI=1S/C23H26FNO3/c1-15(26)25-21-13-23(28-22-7-3-6-20(21)22)17-8-10-19(11-9-17)27-14-16-4-2-5-18(24)12-16/h2,4-5,8-12,20-23H,3,6-7,13-14H2,1H3,(H,25,26)/t20-,21+,22+,23+/m0/s1. The fourth-order valence-corrected chi connectivity index (χ4v) is 4.47. The van der Waals surface area contributed by atoms with E-state index in [9.17, 15) is 9.18 Å². The van der Waals surface area contributed by atoms with Crippen LogP contribution in [-0.2, 0) is 16.1 Å². The summed E-state index contributed by atoms with van der Waals surface area (Å²) >= 11 is 0. The maximum Gasteiger partial charge on any atom is 0.217 e. The number of nitrogens with one attached hydrogen (secondary N) is 1. The minimum absolute atomic E-state index is 0.0199. The number of amides is 1. The third-order valence-electron chi connectivity index (χ3n) is 5.76. The number of hydrogen-bond acceptors (Lipinski definition) is 3. The van der Waals surface area contributed by atoms with Gasteiger partial charge < -0.3 is 14.8 Å². The van der Waals surface area contributed by atoms with Gasteiger partial charge in [-0.15, -0.1) is 0 Å². The minimum Gasteiger partial charge on any atom is -0.489 e. The van der Waals surface area contributed by atoms with Gasteiger partial charge >= 0.3 is 0 Å². The summed E-state index contributed by atoms with van der Waals surface area (Å²) in [5, 5.41) is 3.13. The topological polar surface area (TPSA) is 47.6 Å². The molecule has 148 valence electrons. The van der Waals surface area contributed by atoms with Gasteiger partial charge in [-0.05, 0) is 54.7 Å². The highest BCUT2D eigenvalue weighted by Crippen LogP contribution is 2.42. The van der Waals surface area contributed by atoms with Crippen LogP contribution in [0.2, 0.25) is 0 Å². The lowest BCUT2D eigenvalue weighted by Crippen LogP contribution is -2.47. The zero-order valence-corrected chi connectivity index (χ0v) is 16.1. The summed E-state index contributed by atoms with van der Waals surface area (Å²) < 4.78 is 25.4. The molecule has 5 heteroatoms. The maximum absolute atomic E-state index is 13.3. The zero-order valence-electron chi connectivity index (χ0n) is 16.1. The fraction of sp³-hybridized carbons (Fsp3) is 0.435. The molecule has 1 saturated heterocycles. The molecule has 0 spiro atoms. The summed E-state index contributed by atoms with van der Waals surface area (Å²) in [6.07, 6.45) is 4.34. The molecule has 28 heavy (non-hydrogen) atoms. The van der Waals surface area contributed by atoms with Crippen molar-refractivity contribution in [3.05, 3.63) is 65.5 Å². The van der Waals surface area contributed by atoms with E-state index in [1.807, 2.05) is 30.3 Å². The second-order valence-electron chi connectivity index (χ2n) is 7.79. The van der Waals surface area contributed by atoms with Gasteiger partial charge in [-0.3, -0.25) is 4.79 Å². The Kier molecular flexibility index (Phi) is 5.62. The van der Waals surface area contributed by atoms with Crippen molar-refractivity contribution in [2.24, 2.45) is 5.92 Å². The van der Waals surface area contributed by atoms with Gasteiger partial charge in [0, 0.05) is 18.9 Å². The molecular formula is C23H26FNO3. The van der Waals surface area contributed by atoms with Crippen LogP contribution in [0, 0.1) is 11.7 Å². The summed E-state index contributed by atoms with van der Waals surface area (Å²) in [6, 6.07) is 14.5. The molecule has 2 aliphatic rings. The number of rotatable bonds is 5. The van der Waals surface area contributed by atoms with Crippen LogP contribution >= 0.6 is 0 Å². The van der Waals surface area contributed by atoms with E-state index in [-0.39, 0.29) is 30.0 Å². The van der Waals surface area contributed by atoms with E-state index in [0.29, 0.717) is 12.5 Å². The van der Waals surface area contributed by atoms with E-state index >= 15 is 0 Å². The first-order valence-electron chi connectivity index (χ1n) is 9.98. The molecule has 4 nitrogen and oxygen atoms in total. The van der Waals surface area contributed by atoms with Crippen molar-refractivity contribution in [2.75, 3.05) is 0 Å². The summed E-state index contributed by atoms with van der Waals surface area (Å²) in [5.74, 6) is 0.928. The molecule has 0 radical (unpaired) electrons. The molecular weight excluding hydrogens is 357 g/mol. The Hall–Kier alpha value is -2.40. The first-order chi connectivity index (χ1) is 13.6. The van der Waals surface area contributed by atoms with Crippen LogP contribution in [0.1, 0.15) is 49.8 Å². The van der Waals surface area contributed by atoms with Crippen LogP contribution in [0.15, 0.2) is 48.5 Å². The molecule has 2 aromatic carbocycles. The summed E-state index contributed by atoms with van der Waals surface area (Å²) in [6.45, 7) is 1.91. The van der Waals surface area contributed by atoms with Gasteiger partial charge in [0.15, 0.2) is 0 Å². The van der Waals surface area contributed by atoms with E-state index in [4.69, 9.17) is 9.47 Å². The molecule has 0 bridgehead atoms. The number of ether oxygens (including phenoxy) is 2. The number of fused-ring (bicyclic) bond motifs is 1.